The maximum atomic E-state index is 12.3. The van der Waals surface area contributed by atoms with E-state index in [1.165, 1.54) is 30.6 Å². The molecule has 2 aliphatic rings. The zero-order chi connectivity index (χ0) is 15.4. The molecule has 0 radical (unpaired) electrons. The van der Waals surface area contributed by atoms with Gasteiger partial charge in [-0.15, -0.1) is 11.3 Å². The lowest BCUT2D eigenvalue weighted by Crippen LogP contribution is -2.54. The first-order valence-corrected chi connectivity index (χ1v) is 8.91. The number of carbonyl (C=O) groups is 2. The van der Waals surface area contributed by atoms with E-state index in [0.29, 0.717) is 37.9 Å². The number of aromatic nitrogens is 1. The molecule has 1 saturated carbocycles. The summed E-state index contributed by atoms with van der Waals surface area (Å²) in [4.78, 5) is 32.1. The van der Waals surface area contributed by atoms with Crippen LogP contribution in [0.15, 0.2) is 10.9 Å². The Morgan fingerprint density at radius 2 is 1.77 bits per heavy atom. The first-order valence-electron chi connectivity index (χ1n) is 7.97. The van der Waals surface area contributed by atoms with Crippen LogP contribution in [0.4, 0.5) is 4.79 Å². The van der Waals surface area contributed by atoms with Gasteiger partial charge in [0.1, 0.15) is 5.69 Å². The van der Waals surface area contributed by atoms with Gasteiger partial charge in [-0.1, -0.05) is 19.3 Å². The van der Waals surface area contributed by atoms with E-state index in [9.17, 15) is 9.59 Å². The average molecular weight is 322 g/mol. The molecule has 120 valence electrons. The van der Waals surface area contributed by atoms with Crippen LogP contribution in [0.5, 0.6) is 0 Å². The molecule has 3 rings (SSSR count). The number of urea groups is 1. The fourth-order valence-corrected chi connectivity index (χ4v) is 3.63. The molecule has 2 heterocycles. The first-order chi connectivity index (χ1) is 10.7. The highest BCUT2D eigenvalue weighted by Crippen LogP contribution is 2.18. The number of rotatable bonds is 2. The summed E-state index contributed by atoms with van der Waals surface area (Å²) in [6, 6.07) is 0.351. The number of nitrogens with one attached hydrogen (secondary N) is 1. The Morgan fingerprint density at radius 1 is 1.09 bits per heavy atom. The van der Waals surface area contributed by atoms with Crippen molar-refractivity contribution in [1.82, 2.24) is 20.1 Å². The summed E-state index contributed by atoms with van der Waals surface area (Å²) >= 11 is 1.42. The third-order valence-electron chi connectivity index (χ3n) is 4.44. The molecule has 0 atom stereocenters. The summed E-state index contributed by atoms with van der Waals surface area (Å²) in [7, 11) is 0. The van der Waals surface area contributed by atoms with Gasteiger partial charge < -0.3 is 15.1 Å². The molecule has 2 fully saturated rings. The van der Waals surface area contributed by atoms with Crippen molar-refractivity contribution < 1.29 is 9.59 Å². The van der Waals surface area contributed by atoms with Crippen LogP contribution in [0.2, 0.25) is 0 Å². The van der Waals surface area contributed by atoms with Crippen molar-refractivity contribution >= 4 is 23.3 Å². The Balaban J connectivity index is 1.46. The number of amides is 3. The van der Waals surface area contributed by atoms with Crippen LogP contribution < -0.4 is 5.32 Å². The van der Waals surface area contributed by atoms with E-state index in [1.54, 1.807) is 15.8 Å². The third-order valence-corrected chi connectivity index (χ3v) is 5.02. The molecule has 7 heteroatoms. The summed E-state index contributed by atoms with van der Waals surface area (Å²) in [5, 5.41) is 4.90. The molecule has 0 aromatic carbocycles. The van der Waals surface area contributed by atoms with E-state index in [-0.39, 0.29) is 11.9 Å². The zero-order valence-corrected chi connectivity index (χ0v) is 13.5. The highest BCUT2D eigenvalue weighted by atomic mass is 32.1. The van der Waals surface area contributed by atoms with E-state index in [0.717, 1.165) is 12.8 Å². The maximum absolute atomic E-state index is 12.3. The van der Waals surface area contributed by atoms with Gasteiger partial charge in [-0.3, -0.25) is 4.79 Å². The van der Waals surface area contributed by atoms with Crippen LogP contribution >= 0.6 is 11.3 Å². The lowest BCUT2D eigenvalue weighted by Gasteiger charge is -2.35. The van der Waals surface area contributed by atoms with Crippen LogP contribution in [-0.2, 0) is 0 Å². The smallest absolute Gasteiger partial charge is 0.317 e. The number of nitrogens with zero attached hydrogens (tertiary/aromatic N) is 3. The van der Waals surface area contributed by atoms with E-state index < -0.39 is 0 Å². The predicted molar refractivity (Wildman–Crippen MR) is 85.0 cm³/mol. The summed E-state index contributed by atoms with van der Waals surface area (Å²) in [6.45, 7) is 2.34. The van der Waals surface area contributed by atoms with Gasteiger partial charge in [-0.25, -0.2) is 9.78 Å². The fourth-order valence-electron chi connectivity index (χ4n) is 3.11. The molecular weight excluding hydrogens is 300 g/mol. The van der Waals surface area contributed by atoms with Crippen molar-refractivity contribution in [2.75, 3.05) is 26.2 Å². The SMILES string of the molecule is O=C(NC1CCCCC1)N1CCN(C(=O)c2cscn2)CC1. The Morgan fingerprint density at radius 3 is 2.41 bits per heavy atom. The van der Waals surface area contributed by atoms with Crippen LogP contribution in [0.1, 0.15) is 42.6 Å². The monoisotopic (exact) mass is 322 g/mol. The number of hydrogen-bond donors (Lipinski definition) is 1. The van der Waals surface area contributed by atoms with Gasteiger partial charge in [0.25, 0.3) is 5.91 Å². The average Bonchev–Trinajstić information content (AvgIpc) is 3.10. The van der Waals surface area contributed by atoms with Gasteiger partial charge >= 0.3 is 6.03 Å². The third kappa shape index (κ3) is 3.58. The Hall–Kier alpha value is -1.63. The van der Waals surface area contributed by atoms with Crippen molar-refractivity contribution in [3.63, 3.8) is 0 Å². The van der Waals surface area contributed by atoms with Crippen molar-refractivity contribution in [1.29, 1.82) is 0 Å². The number of piperazine rings is 1. The topological polar surface area (TPSA) is 65.5 Å². The molecule has 0 unspecified atom stereocenters. The molecular formula is C15H22N4O2S. The quantitative estimate of drug-likeness (QED) is 0.905. The largest absolute Gasteiger partial charge is 0.335 e. The van der Waals surface area contributed by atoms with Crippen molar-refractivity contribution in [3.05, 3.63) is 16.6 Å². The van der Waals surface area contributed by atoms with Crippen LogP contribution in [0.3, 0.4) is 0 Å². The predicted octanol–water partition coefficient (Wildman–Crippen LogP) is 1.94. The van der Waals surface area contributed by atoms with E-state index in [2.05, 4.69) is 10.3 Å². The lowest BCUT2D eigenvalue weighted by molar-refractivity contribution is 0.0657. The Kier molecular flexibility index (Phi) is 4.92. The Labute approximate surface area is 134 Å². The van der Waals surface area contributed by atoms with Crippen LogP contribution in [-0.4, -0.2) is 58.9 Å². The standard InChI is InChI=1S/C15H22N4O2S/c20-14(13-10-22-11-16-13)18-6-8-19(9-7-18)15(21)17-12-4-2-1-3-5-12/h10-12H,1-9H2,(H,17,21). The second-order valence-electron chi connectivity index (χ2n) is 5.94. The minimum atomic E-state index is -0.0337. The van der Waals surface area contributed by atoms with Crippen LogP contribution in [0.25, 0.3) is 0 Å². The molecule has 6 nitrogen and oxygen atoms in total. The number of hydrogen-bond acceptors (Lipinski definition) is 4. The highest BCUT2D eigenvalue weighted by molar-refractivity contribution is 7.07. The van der Waals surface area contributed by atoms with Gasteiger partial charge in [0.2, 0.25) is 0 Å². The molecule has 1 aliphatic carbocycles. The molecule has 1 saturated heterocycles. The van der Waals surface area contributed by atoms with Gasteiger partial charge in [0, 0.05) is 37.6 Å². The molecule has 1 aliphatic heterocycles. The van der Waals surface area contributed by atoms with Crippen molar-refractivity contribution in [2.24, 2.45) is 0 Å². The molecule has 1 aromatic heterocycles. The lowest BCUT2D eigenvalue weighted by atomic mass is 9.96. The van der Waals surface area contributed by atoms with Gasteiger partial charge in [-0.05, 0) is 12.8 Å². The normalized spacial score (nSPS) is 20.0. The number of thiazole rings is 1. The second-order valence-corrected chi connectivity index (χ2v) is 6.66. The van der Waals surface area contributed by atoms with E-state index in [1.807, 2.05) is 4.90 Å². The van der Waals surface area contributed by atoms with E-state index in [4.69, 9.17) is 0 Å². The molecule has 3 amide bonds. The zero-order valence-electron chi connectivity index (χ0n) is 12.7. The first kappa shape index (κ1) is 15.3. The fraction of sp³-hybridized carbons (Fsp3) is 0.667. The Bertz CT molecular complexity index is 506. The minimum absolute atomic E-state index is 0.0210. The van der Waals surface area contributed by atoms with Gasteiger partial charge in [0.15, 0.2) is 0 Å². The molecule has 1 N–H and O–H groups in total. The van der Waals surface area contributed by atoms with Crippen molar-refractivity contribution in [2.45, 2.75) is 38.1 Å². The van der Waals surface area contributed by atoms with E-state index >= 15 is 0 Å². The summed E-state index contributed by atoms with van der Waals surface area (Å²) in [5.74, 6) is -0.0337. The highest BCUT2D eigenvalue weighted by Gasteiger charge is 2.26. The van der Waals surface area contributed by atoms with Gasteiger partial charge in [-0.2, -0.15) is 0 Å². The van der Waals surface area contributed by atoms with Crippen molar-refractivity contribution in [3.8, 4) is 0 Å². The molecule has 1 aromatic rings. The summed E-state index contributed by atoms with van der Waals surface area (Å²) in [6.07, 6.45) is 5.88. The maximum Gasteiger partial charge on any atom is 0.317 e. The molecule has 0 bridgehead atoms. The minimum Gasteiger partial charge on any atom is -0.335 e. The molecule has 0 spiro atoms. The summed E-state index contributed by atoms with van der Waals surface area (Å²) in [5.41, 5.74) is 2.17. The molecule has 22 heavy (non-hydrogen) atoms. The second kappa shape index (κ2) is 7.09. The van der Waals surface area contributed by atoms with Gasteiger partial charge in [0.05, 0.1) is 5.51 Å². The van der Waals surface area contributed by atoms with Crippen LogP contribution in [0, 0.1) is 0 Å². The number of carbonyl (C=O) groups excluding carboxylic acids is 2. The summed E-state index contributed by atoms with van der Waals surface area (Å²) < 4.78 is 0.